The Morgan fingerprint density at radius 3 is 2.67 bits per heavy atom. The second-order valence-corrected chi connectivity index (χ2v) is 6.52. The van der Waals surface area contributed by atoms with E-state index in [9.17, 15) is 0 Å². The Morgan fingerprint density at radius 2 is 2.13 bits per heavy atom. The molecular formula is C12H20ClNS. The van der Waals surface area contributed by atoms with Crippen molar-refractivity contribution in [3.63, 3.8) is 0 Å². The van der Waals surface area contributed by atoms with Gasteiger partial charge in [0.05, 0.1) is 4.34 Å². The molecule has 0 spiro atoms. The van der Waals surface area contributed by atoms with Gasteiger partial charge in [-0.3, -0.25) is 0 Å². The summed E-state index contributed by atoms with van der Waals surface area (Å²) in [6, 6.07) is 4.12. The summed E-state index contributed by atoms with van der Waals surface area (Å²) in [6.45, 7) is 8.95. The van der Waals surface area contributed by atoms with Crippen molar-refractivity contribution in [2.24, 2.45) is 5.41 Å². The fraction of sp³-hybridized carbons (Fsp3) is 0.667. The van der Waals surface area contributed by atoms with Gasteiger partial charge in [-0.2, -0.15) is 0 Å². The van der Waals surface area contributed by atoms with Crippen molar-refractivity contribution in [3.8, 4) is 0 Å². The smallest absolute Gasteiger partial charge is 0.0931 e. The average molecular weight is 246 g/mol. The molecule has 86 valence electrons. The summed E-state index contributed by atoms with van der Waals surface area (Å²) >= 11 is 7.61. The summed E-state index contributed by atoms with van der Waals surface area (Å²) in [5.74, 6) is 0. The van der Waals surface area contributed by atoms with Crippen molar-refractivity contribution in [1.82, 2.24) is 5.32 Å². The lowest BCUT2D eigenvalue weighted by Gasteiger charge is -2.24. The molecule has 1 nitrogen and oxygen atoms in total. The zero-order chi connectivity index (χ0) is 11.3. The molecule has 0 saturated heterocycles. The fourth-order valence-electron chi connectivity index (χ4n) is 1.58. The minimum Gasteiger partial charge on any atom is -0.316 e. The van der Waals surface area contributed by atoms with Crippen molar-refractivity contribution < 1.29 is 0 Å². The molecule has 1 aromatic rings. The van der Waals surface area contributed by atoms with Gasteiger partial charge in [-0.05, 0) is 36.9 Å². The number of thiophene rings is 1. The SMILES string of the molecule is CCCNCC(C)(C)Cc1ccc(Cl)s1. The molecule has 1 aromatic heterocycles. The topological polar surface area (TPSA) is 12.0 Å². The molecule has 0 radical (unpaired) electrons. The third kappa shape index (κ3) is 5.01. The maximum atomic E-state index is 5.92. The van der Waals surface area contributed by atoms with Crippen LogP contribution in [0.2, 0.25) is 4.34 Å². The highest BCUT2D eigenvalue weighted by molar-refractivity contribution is 7.16. The predicted molar refractivity (Wildman–Crippen MR) is 70.0 cm³/mol. The van der Waals surface area contributed by atoms with Crippen LogP contribution in [0.1, 0.15) is 32.1 Å². The highest BCUT2D eigenvalue weighted by Gasteiger charge is 2.18. The van der Waals surface area contributed by atoms with Gasteiger partial charge in [-0.25, -0.2) is 0 Å². The zero-order valence-electron chi connectivity index (χ0n) is 9.77. The molecule has 0 aromatic carbocycles. The van der Waals surface area contributed by atoms with E-state index in [2.05, 4.69) is 32.2 Å². The largest absolute Gasteiger partial charge is 0.316 e. The zero-order valence-corrected chi connectivity index (χ0v) is 11.3. The molecule has 0 aliphatic heterocycles. The van der Waals surface area contributed by atoms with E-state index in [1.165, 1.54) is 11.3 Å². The Kier molecular flexibility index (Phi) is 5.10. The normalized spacial score (nSPS) is 12.0. The summed E-state index contributed by atoms with van der Waals surface area (Å²) < 4.78 is 0.891. The third-order valence-corrected chi connectivity index (χ3v) is 3.54. The van der Waals surface area contributed by atoms with E-state index in [0.29, 0.717) is 5.41 Å². The summed E-state index contributed by atoms with van der Waals surface area (Å²) in [5, 5.41) is 3.47. The molecule has 0 fully saturated rings. The molecule has 15 heavy (non-hydrogen) atoms. The number of hydrogen-bond acceptors (Lipinski definition) is 2. The first-order valence-corrected chi connectivity index (χ1v) is 6.68. The van der Waals surface area contributed by atoms with E-state index in [-0.39, 0.29) is 0 Å². The van der Waals surface area contributed by atoms with Gasteiger partial charge in [-0.1, -0.05) is 32.4 Å². The Labute approximate surface area is 102 Å². The molecule has 0 atom stereocenters. The fourth-order valence-corrected chi connectivity index (χ4v) is 2.93. The molecule has 0 amide bonds. The maximum Gasteiger partial charge on any atom is 0.0931 e. The van der Waals surface area contributed by atoms with Crippen LogP contribution in [-0.4, -0.2) is 13.1 Å². The van der Waals surface area contributed by atoms with Gasteiger partial charge in [0.1, 0.15) is 0 Å². The number of hydrogen-bond donors (Lipinski definition) is 1. The van der Waals surface area contributed by atoms with Gasteiger partial charge in [0.25, 0.3) is 0 Å². The average Bonchev–Trinajstić information content (AvgIpc) is 2.50. The van der Waals surface area contributed by atoms with E-state index >= 15 is 0 Å². The standard InChI is InChI=1S/C12H20ClNS/c1-4-7-14-9-12(2,3)8-10-5-6-11(13)15-10/h5-6,14H,4,7-9H2,1-3H3. The molecule has 1 heterocycles. The minimum atomic E-state index is 0.309. The third-order valence-electron chi connectivity index (χ3n) is 2.31. The Morgan fingerprint density at radius 1 is 1.40 bits per heavy atom. The quantitative estimate of drug-likeness (QED) is 0.748. The van der Waals surface area contributed by atoms with Gasteiger partial charge in [0.15, 0.2) is 0 Å². The van der Waals surface area contributed by atoms with Crippen molar-refractivity contribution in [2.45, 2.75) is 33.6 Å². The van der Waals surface area contributed by atoms with Gasteiger partial charge < -0.3 is 5.32 Å². The lowest BCUT2D eigenvalue weighted by molar-refractivity contribution is 0.341. The summed E-state index contributed by atoms with van der Waals surface area (Å²) in [4.78, 5) is 1.38. The van der Waals surface area contributed by atoms with E-state index < -0.39 is 0 Å². The first-order chi connectivity index (χ1) is 7.03. The first-order valence-electron chi connectivity index (χ1n) is 5.48. The van der Waals surface area contributed by atoms with Crippen molar-refractivity contribution in [2.75, 3.05) is 13.1 Å². The molecule has 0 saturated carbocycles. The molecular weight excluding hydrogens is 226 g/mol. The van der Waals surface area contributed by atoms with E-state index in [1.807, 2.05) is 6.07 Å². The molecule has 1 N–H and O–H groups in total. The lowest BCUT2D eigenvalue weighted by atomic mass is 9.88. The molecule has 0 aliphatic carbocycles. The Hall–Kier alpha value is -0.0500. The van der Waals surface area contributed by atoms with Crippen LogP contribution in [0.4, 0.5) is 0 Å². The van der Waals surface area contributed by atoms with Gasteiger partial charge in [-0.15, -0.1) is 11.3 Å². The second kappa shape index (κ2) is 5.88. The van der Waals surface area contributed by atoms with E-state index in [0.717, 1.165) is 23.8 Å². The van der Waals surface area contributed by atoms with Crippen molar-refractivity contribution >= 4 is 22.9 Å². The van der Waals surface area contributed by atoms with Crippen LogP contribution in [0.3, 0.4) is 0 Å². The van der Waals surface area contributed by atoms with Crippen LogP contribution in [0, 0.1) is 5.41 Å². The Bertz CT molecular complexity index is 294. The van der Waals surface area contributed by atoms with Gasteiger partial charge in [0.2, 0.25) is 0 Å². The van der Waals surface area contributed by atoms with Crippen molar-refractivity contribution in [1.29, 1.82) is 0 Å². The van der Waals surface area contributed by atoms with Crippen molar-refractivity contribution in [3.05, 3.63) is 21.3 Å². The van der Waals surface area contributed by atoms with Gasteiger partial charge in [0, 0.05) is 11.4 Å². The highest BCUT2D eigenvalue weighted by atomic mass is 35.5. The first kappa shape index (κ1) is 13.0. The van der Waals surface area contributed by atoms with E-state index in [1.54, 1.807) is 11.3 Å². The summed E-state index contributed by atoms with van der Waals surface area (Å²) in [5.41, 5.74) is 0.309. The molecule has 0 bridgehead atoms. The monoisotopic (exact) mass is 245 g/mol. The summed E-state index contributed by atoms with van der Waals surface area (Å²) in [6.07, 6.45) is 2.29. The van der Waals surface area contributed by atoms with Crippen LogP contribution in [-0.2, 0) is 6.42 Å². The Balaban J connectivity index is 2.41. The predicted octanol–water partition coefficient (Wildman–Crippen LogP) is 3.97. The molecule has 0 aliphatic rings. The van der Waals surface area contributed by atoms with Crippen LogP contribution >= 0.6 is 22.9 Å². The lowest BCUT2D eigenvalue weighted by Crippen LogP contribution is -2.31. The minimum absolute atomic E-state index is 0.309. The number of halogens is 1. The second-order valence-electron chi connectivity index (χ2n) is 4.72. The van der Waals surface area contributed by atoms with Gasteiger partial charge >= 0.3 is 0 Å². The van der Waals surface area contributed by atoms with Crippen LogP contribution in [0.15, 0.2) is 12.1 Å². The number of rotatable bonds is 6. The molecule has 3 heteroatoms. The maximum absolute atomic E-state index is 5.92. The van der Waals surface area contributed by atoms with E-state index in [4.69, 9.17) is 11.6 Å². The molecule has 1 rings (SSSR count). The highest BCUT2D eigenvalue weighted by Crippen LogP contribution is 2.28. The van der Waals surface area contributed by atoms with Crippen LogP contribution in [0.25, 0.3) is 0 Å². The van der Waals surface area contributed by atoms with Crippen LogP contribution < -0.4 is 5.32 Å². The molecule has 0 unspecified atom stereocenters. The number of nitrogens with one attached hydrogen (secondary N) is 1. The summed E-state index contributed by atoms with van der Waals surface area (Å²) in [7, 11) is 0. The van der Waals surface area contributed by atoms with Crippen LogP contribution in [0.5, 0.6) is 0 Å².